The number of likely N-dealkylation sites (tertiary alicyclic amines) is 1. The Morgan fingerprint density at radius 3 is 3.00 bits per heavy atom. The minimum atomic E-state index is 0.554. The predicted molar refractivity (Wildman–Crippen MR) is 90.2 cm³/mol. The third-order valence-corrected chi connectivity index (χ3v) is 5.04. The van der Waals surface area contributed by atoms with Gasteiger partial charge in [0.15, 0.2) is 0 Å². The normalized spacial score (nSPS) is 17.1. The largest absolute Gasteiger partial charge is 0.468 e. The maximum absolute atomic E-state index is 5.43. The molecule has 1 aliphatic rings. The highest BCUT2D eigenvalue weighted by Gasteiger charge is 2.19. The van der Waals surface area contributed by atoms with E-state index in [1.165, 1.54) is 23.2 Å². The van der Waals surface area contributed by atoms with Gasteiger partial charge in [-0.2, -0.15) is 0 Å². The summed E-state index contributed by atoms with van der Waals surface area (Å²) in [5.74, 6) is 1.06. The smallest absolute Gasteiger partial charge is 0.117 e. The minimum absolute atomic E-state index is 0.554. The molecule has 0 spiro atoms. The van der Waals surface area contributed by atoms with Crippen molar-refractivity contribution < 1.29 is 4.42 Å². The first kappa shape index (κ1) is 13.8. The number of nitrogens with one attached hydrogen (secondary N) is 1. The number of nitrogens with zero attached hydrogens (tertiary/aromatic N) is 2. The zero-order valence-corrected chi connectivity index (χ0v) is 13.2. The molecular formula is C17H19N3OS. The summed E-state index contributed by atoms with van der Waals surface area (Å²) in [6.45, 7) is 3.15. The van der Waals surface area contributed by atoms with Crippen LogP contribution in [0.4, 0.5) is 5.69 Å². The number of rotatable bonds is 4. The van der Waals surface area contributed by atoms with Crippen LogP contribution in [0.3, 0.4) is 0 Å². The number of fused-ring (bicyclic) bond motifs is 1. The molecule has 0 atom stereocenters. The molecule has 3 heterocycles. The third kappa shape index (κ3) is 3.00. The van der Waals surface area contributed by atoms with Crippen molar-refractivity contribution in [2.24, 2.45) is 0 Å². The van der Waals surface area contributed by atoms with Crippen LogP contribution in [0.5, 0.6) is 0 Å². The lowest BCUT2D eigenvalue weighted by atomic mass is 10.0. The van der Waals surface area contributed by atoms with Crippen molar-refractivity contribution in [3.05, 3.63) is 47.9 Å². The van der Waals surface area contributed by atoms with Crippen molar-refractivity contribution in [2.45, 2.75) is 25.4 Å². The number of piperidine rings is 1. The van der Waals surface area contributed by atoms with E-state index in [2.05, 4.69) is 39.5 Å². The predicted octanol–water partition coefficient (Wildman–Crippen LogP) is 3.97. The summed E-state index contributed by atoms with van der Waals surface area (Å²) in [6, 6.07) is 11.0. The van der Waals surface area contributed by atoms with Gasteiger partial charge in [0.2, 0.25) is 0 Å². The summed E-state index contributed by atoms with van der Waals surface area (Å²) >= 11 is 1.70. The maximum Gasteiger partial charge on any atom is 0.117 e. The molecule has 22 heavy (non-hydrogen) atoms. The maximum atomic E-state index is 5.43. The second-order valence-corrected chi connectivity index (χ2v) is 6.70. The van der Waals surface area contributed by atoms with E-state index in [9.17, 15) is 0 Å². The Morgan fingerprint density at radius 2 is 2.18 bits per heavy atom. The molecule has 0 amide bonds. The summed E-state index contributed by atoms with van der Waals surface area (Å²) in [6.07, 6.45) is 4.09. The Bertz CT molecular complexity index is 729. The van der Waals surface area contributed by atoms with Crippen LogP contribution in [0.1, 0.15) is 18.6 Å². The number of furan rings is 1. The van der Waals surface area contributed by atoms with Crippen LogP contribution in [0.15, 0.2) is 46.5 Å². The van der Waals surface area contributed by atoms with E-state index >= 15 is 0 Å². The van der Waals surface area contributed by atoms with Gasteiger partial charge < -0.3 is 9.73 Å². The summed E-state index contributed by atoms with van der Waals surface area (Å²) < 4.78 is 6.68. The lowest BCUT2D eigenvalue weighted by Gasteiger charge is -2.32. The minimum Gasteiger partial charge on any atom is -0.468 e. The first-order valence-electron chi connectivity index (χ1n) is 7.71. The van der Waals surface area contributed by atoms with Crippen molar-refractivity contribution in [3.8, 4) is 0 Å². The lowest BCUT2D eigenvalue weighted by Crippen LogP contribution is -2.38. The molecular weight excluding hydrogens is 294 g/mol. The number of anilines is 1. The highest BCUT2D eigenvalue weighted by atomic mass is 32.1. The standard InChI is InChI=1S/C17H19N3OS/c1-2-15(21-9-1)11-20-7-5-13(6-8-20)19-14-3-4-16-17(10-14)22-12-18-16/h1-4,9-10,12-13,19H,5-8,11H2. The molecule has 4 nitrogen and oxygen atoms in total. The molecule has 4 rings (SSSR count). The van der Waals surface area contributed by atoms with Crippen molar-refractivity contribution in [2.75, 3.05) is 18.4 Å². The monoisotopic (exact) mass is 313 g/mol. The van der Waals surface area contributed by atoms with Crippen LogP contribution in [0, 0.1) is 0 Å². The van der Waals surface area contributed by atoms with Gasteiger partial charge in [0.1, 0.15) is 5.76 Å². The summed E-state index contributed by atoms with van der Waals surface area (Å²) in [5.41, 5.74) is 4.20. The Morgan fingerprint density at radius 1 is 1.27 bits per heavy atom. The summed E-state index contributed by atoms with van der Waals surface area (Å²) in [4.78, 5) is 6.79. The Balaban J connectivity index is 1.33. The third-order valence-electron chi connectivity index (χ3n) is 4.25. The van der Waals surface area contributed by atoms with Gasteiger partial charge in [0, 0.05) is 24.8 Å². The van der Waals surface area contributed by atoms with Crippen LogP contribution >= 0.6 is 11.3 Å². The average molecular weight is 313 g/mol. The van der Waals surface area contributed by atoms with Crippen LogP contribution < -0.4 is 5.32 Å². The second-order valence-electron chi connectivity index (χ2n) is 5.81. The molecule has 0 aliphatic carbocycles. The van der Waals surface area contributed by atoms with Crippen LogP contribution in [0.25, 0.3) is 10.2 Å². The van der Waals surface area contributed by atoms with Gasteiger partial charge in [0.05, 0.1) is 28.5 Å². The fourth-order valence-electron chi connectivity index (χ4n) is 3.04. The number of hydrogen-bond acceptors (Lipinski definition) is 5. The first-order chi connectivity index (χ1) is 10.9. The Hall–Kier alpha value is -1.85. The molecule has 2 aromatic heterocycles. The zero-order valence-electron chi connectivity index (χ0n) is 12.4. The first-order valence-corrected chi connectivity index (χ1v) is 8.59. The molecule has 1 N–H and O–H groups in total. The van der Waals surface area contributed by atoms with Gasteiger partial charge in [0.25, 0.3) is 0 Å². The molecule has 0 radical (unpaired) electrons. The van der Waals surface area contributed by atoms with E-state index in [-0.39, 0.29) is 0 Å². The molecule has 114 valence electrons. The van der Waals surface area contributed by atoms with E-state index in [1.807, 2.05) is 11.6 Å². The zero-order chi connectivity index (χ0) is 14.8. The van der Waals surface area contributed by atoms with Gasteiger partial charge >= 0.3 is 0 Å². The quantitative estimate of drug-likeness (QED) is 0.791. The molecule has 1 aromatic carbocycles. The van der Waals surface area contributed by atoms with Gasteiger partial charge in [-0.3, -0.25) is 4.90 Å². The SMILES string of the molecule is c1coc(CN2CCC(Nc3ccc4ncsc4c3)CC2)c1. The molecule has 0 bridgehead atoms. The van der Waals surface area contributed by atoms with Gasteiger partial charge in [-0.1, -0.05) is 0 Å². The molecule has 5 heteroatoms. The van der Waals surface area contributed by atoms with Crippen molar-refractivity contribution in [1.82, 2.24) is 9.88 Å². The van der Waals surface area contributed by atoms with E-state index in [0.29, 0.717) is 6.04 Å². The van der Waals surface area contributed by atoms with Crippen LogP contribution in [0.2, 0.25) is 0 Å². The Labute approximate surface area is 133 Å². The number of hydrogen-bond donors (Lipinski definition) is 1. The number of thiazole rings is 1. The van der Waals surface area contributed by atoms with Crippen molar-refractivity contribution in [3.63, 3.8) is 0 Å². The number of benzene rings is 1. The average Bonchev–Trinajstić information content (AvgIpc) is 3.20. The van der Waals surface area contributed by atoms with Crippen LogP contribution in [-0.2, 0) is 6.54 Å². The van der Waals surface area contributed by atoms with Gasteiger partial charge in [-0.15, -0.1) is 11.3 Å². The molecule has 1 saturated heterocycles. The second kappa shape index (κ2) is 6.10. The van der Waals surface area contributed by atoms with Gasteiger partial charge in [-0.05, 0) is 43.2 Å². The van der Waals surface area contributed by atoms with Gasteiger partial charge in [-0.25, -0.2) is 4.98 Å². The van der Waals surface area contributed by atoms with E-state index in [4.69, 9.17) is 4.42 Å². The Kier molecular flexibility index (Phi) is 3.83. The number of aromatic nitrogens is 1. The molecule has 0 unspecified atom stereocenters. The fourth-order valence-corrected chi connectivity index (χ4v) is 3.76. The van der Waals surface area contributed by atoms with Crippen molar-refractivity contribution >= 4 is 27.2 Å². The summed E-state index contributed by atoms with van der Waals surface area (Å²) in [7, 11) is 0. The van der Waals surface area contributed by atoms with E-state index < -0.39 is 0 Å². The lowest BCUT2D eigenvalue weighted by molar-refractivity contribution is 0.197. The molecule has 1 aliphatic heterocycles. The van der Waals surface area contributed by atoms with Crippen molar-refractivity contribution in [1.29, 1.82) is 0 Å². The fraction of sp³-hybridized carbons (Fsp3) is 0.353. The molecule has 0 saturated carbocycles. The highest BCUT2D eigenvalue weighted by Crippen LogP contribution is 2.24. The van der Waals surface area contributed by atoms with E-state index in [1.54, 1.807) is 17.6 Å². The summed E-state index contributed by atoms with van der Waals surface area (Å²) in [5, 5.41) is 3.67. The van der Waals surface area contributed by atoms with Crippen LogP contribution in [-0.4, -0.2) is 29.0 Å². The topological polar surface area (TPSA) is 41.3 Å². The highest BCUT2D eigenvalue weighted by molar-refractivity contribution is 7.16. The molecule has 3 aromatic rings. The van der Waals surface area contributed by atoms with E-state index in [0.717, 1.165) is 30.9 Å². The molecule has 1 fully saturated rings.